The topological polar surface area (TPSA) is 79.0 Å². The molecule has 0 aromatic heterocycles. The molecule has 4 aliphatic rings. The Kier molecular flexibility index (Phi) is 4.47. The second-order valence-electron chi connectivity index (χ2n) is 8.95. The van der Waals surface area contributed by atoms with Crippen LogP contribution < -0.4 is 5.32 Å². The maximum atomic E-state index is 13.5. The van der Waals surface area contributed by atoms with Crippen molar-refractivity contribution in [3.63, 3.8) is 0 Å². The molecule has 7 heteroatoms. The lowest BCUT2D eigenvalue weighted by Gasteiger charge is -2.29. The molecule has 2 bridgehead atoms. The van der Waals surface area contributed by atoms with Crippen molar-refractivity contribution in [1.29, 1.82) is 0 Å². The van der Waals surface area contributed by atoms with Gasteiger partial charge in [-0.25, -0.2) is 0 Å². The number of nitrogens with zero attached hydrogens (tertiary/aromatic N) is 2. The van der Waals surface area contributed by atoms with Crippen molar-refractivity contribution in [2.75, 3.05) is 26.2 Å². The average Bonchev–Trinajstić information content (AvgIpc) is 3.28. The Morgan fingerprint density at radius 2 is 2.10 bits per heavy atom. The highest BCUT2D eigenvalue weighted by Crippen LogP contribution is 2.52. The Bertz CT molecular complexity index is 958. The highest BCUT2D eigenvalue weighted by atomic mass is 16.5. The van der Waals surface area contributed by atoms with Crippen molar-refractivity contribution in [3.05, 3.63) is 47.0 Å². The number of likely N-dealkylation sites (tertiary alicyclic amines) is 1. The first-order valence-corrected chi connectivity index (χ1v) is 10.7. The van der Waals surface area contributed by atoms with Crippen LogP contribution in [0.3, 0.4) is 0 Å². The second kappa shape index (κ2) is 6.94. The number of carbonyl (C=O) groups is 3. The van der Waals surface area contributed by atoms with E-state index in [-0.39, 0.29) is 23.8 Å². The normalized spacial score (nSPS) is 32.4. The van der Waals surface area contributed by atoms with E-state index in [9.17, 15) is 14.4 Å². The number of nitrogens with one attached hydrogen (secondary N) is 1. The minimum absolute atomic E-state index is 0.00914. The zero-order chi connectivity index (χ0) is 21.0. The molecular formula is C23H27N3O4. The van der Waals surface area contributed by atoms with Crippen molar-refractivity contribution in [1.82, 2.24) is 15.1 Å². The molecule has 7 nitrogen and oxygen atoms in total. The van der Waals surface area contributed by atoms with E-state index >= 15 is 0 Å². The van der Waals surface area contributed by atoms with Crippen LogP contribution in [-0.2, 0) is 25.7 Å². The summed E-state index contributed by atoms with van der Waals surface area (Å²) >= 11 is 0. The third-order valence-electron chi connectivity index (χ3n) is 6.95. The van der Waals surface area contributed by atoms with Gasteiger partial charge in [-0.05, 0) is 25.0 Å². The van der Waals surface area contributed by atoms with E-state index in [1.165, 1.54) is 0 Å². The standard InChI is InChI=1S/C23H27N3O4/c1-14-3-4-15(2)16(11-14)12-26-13-23-7-5-17(30-23)19(20(23)22(26)29)21(28)25-9-6-18(27)24-8-10-25/h3-5,7,11,17,19-20H,6,8-10,12-13H2,1-2H3,(H,24,27)/t17-,19+,20-,23-/m0/s1. The molecule has 158 valence electrons. The largest absolute Gasteiger partial charge is 0.360 e. The van der Waals surface area contributed by atoms with Crippen LogP contribution in [0.4, 0.5) is 0 Å². The van der Waals surface area contributed by atoms with Gasteiger partial charge >= 0.3 is 0 Å². The number of amides is 3. The molecule has 30 heavy (non-hydrogen) atoms. The van der Waals surface area contributed by atoms with Gasteiger partial charge in [0, 0.05) is 32.6 Å². The van der Waals surface area contributed by atoms with Crippen molar-refractivity contribution in [2.24, 2.45) is 11.8 Å². The van der Waals surface area contributed by atoms with Gasteiger partial charge in [-0.3, -0.25) is 14.4 Å². The van der Waals surface area contributed by atoms with Crippen LogP contribution >= 0.6 is 0 Å². The number of rotatable bonds is 3. The molecule has 3 amide bonds. The first-order chi connectivity index (χ1) is 14.4. The summed E-state index contributed by atoms with van der Waals surface area (Å²) in [6, 6.07) is 6.26. The lowest BCUT2D eigenvalue weighted by molar-refractivity contribution is -0.143. The molecule has 1 spiro atoms. The summed E-state index contributed by atoms with van der Waals surface area (Å²) in [5.41, 5.74) is 2.73. The van der Waals surface area contributed by atoms with Gasteiger partial charge < -0.3 is 19.9 Å². The van der Waals surface area contributed by atoms with Crippen LogP contribution in [-0.4, -0.2) is 65.4 Å². The molecular weight excluding hydrogens is 382 g/mol. The molecule has 1 N–H and O–H groups in total. The molecule has 5 rings (SSSR count). The zero-order valence-electron chi connectivity index (χ0n) is 17.4. The van der Waals surface area contributed by atoms with Gasteiger partial charge in [-0.1, -0.05) is 35.9 Å². The zero-order valence-corrected chi connectivity index (χ0v) is 17.4. The summed E-state index contributed by atoms with van der Waals surface area (Å²) in [7, 11) is 0. The van der Waals surface area contributed by atoms with E-state index in [4.69, 9.17) is 4.74 Å². The molecule has 1 aromatic carbocycles. The maximum absolute atomic E-state index is 13.5. The third-order valence-corrected chi connectivity index (χ3v) is 6.95. The van der Waals surface area contributed by atoms with Gasteiger partial charge in [0.05, 0.1) is 24.5 Å². The van der Waals surface area contributed by atoms with Crippen LogP contribution in [0.2, 0.25) is 0 Å². The lowest BCUT2D eigenvalue weighted by atomic mass is 9.76. The Morgan fingerprint density at radius 3 is 2.93 bits per heavy atom. The van der Waals surface area contributed by atoms with Gasteiger partial charge in [0.1, 0.15) is 5.60 Å². The summed E-state index contributed by atoms with van der Waals surface area (Å²) in [6.45, 7) is 6.40. The first-order valence-electron chi connectivity index (χ1n) is 10.7. The molecule has 3 fully saturated rings. The van der Waals surface area contributed by atoms with Crippen LogP contribution in [0, 0.1) is 25.7 Å². The van der Waals surface area contributed by atoms with Gasteiger partial charge in [-0.2, -0.15) is 0 Å². The van der Waals surface area contributed by atoms with Gasteiger partial charge in [0.15, 0.2) is 0 Å². The van der Waals surface area contributed by atoms with Crippen molar-refractivity contribution in [2.45, 2.75) is 38.5 Å². The van der Waals surface area contributed by atoms with E-state index in [2.05, 4.69) is 30.4 Å². The number of benzene rings is 1. The highest BCUT2D eigenvalue weighted by Gasteiger charge is 2.67. The number of fused-ring (bicyclic) bond motifs is 1. The van der Waals surface area contributed by atoms with Gasteiger partial charge in [-0.15, -0.1) is 0 Å². The van der Waals surface area contributed by atoms with E-state index in [0.29, 0.717) is 39.1 Å². The van der Waals surface area contributed by atoms with Crippen LogP contribution in [0.5, 0.6) is 0 Å². The predicted molar refractivity (Wildman–Crippen MR) is 109 cm³/mol. The summed E-state index contributed by atoms with van der Waals surface area (Å²) in [6.07, 6.45) is 3.86. The number of ether oxygens (including phenoxy) is 1. The first kappa shape index (κ1) is 19.3. The summed E-state index contributed by atoms with van der Waals surface area (Å²) in [5, 5.41) is 2.80. The minimum Gasteiger partial charge on any atom is -0.360 e. The van der Waals surface area contributed by atoms with Crippen molar-refractivity contribution >= 4 is 17.7 Å². The van der Waals surface area contributed by atoms with Crippen LogP contribution in [0.25, 0.3) is 0 Å². The summed E-state index contributed by atoms with van der Waals surface area (Å²) in [5.74, 6) is -1.13. The predicted octanol–water partition coefficient (Wildman–Crippen LogP) is 0.934. The molecule has 0 aliphatic carbocycles. The fourth-order valence-corrected chi connectivity index (χ4v) is 5.37. The van der Waals surface area contributed by atoms with Crippen molar-refractivity contribution in [3.8, 4) is 0 Å². The molecule has 4 atom stereocenters. The maximum Gasteiger partial charge on any atom is 0.230 e. The molecule has 4 heterocycles. The van der Waals surface area contributed by atoms with Crippen LogP contribution in [0.1, 0.15) is 23.1 Å². The average molecular weight is 409 g/mol. The Hall–Kier alpha value is -2.67. The Balaban J connectivity index is 1.39. The number of hydrogen-bond acceptors (Lipinski definition) is 4. The SMILES string of the molecule is Cc1ccc(C)c(CN2C[C@]34C=C[C@H](O3)[C@@H](C(=O)N3CCNC(=O)CC3)[C@H]4C2=O)c1. The van der Waals surface area contributed by atoms with Gasteiger partial charge in [0.2, 0.25) is 17.7 Å². The molecule has 3 saturated heterocycles. The highest BCUT2D eigenvalue weighted by molar-refractivity contribution is 5.93. The molecule has 0 saturated carbocycles. The quantitative estimate of drug-likeness (QED) is 0.754. The van der Waals surface area contributed by atoms with E-state index in [1.807, 2.05) is 24.0 Å². The Labute approximate surface area is 176 Å². The van der Waals surface area contributed by atoms with E-state index in [0.717, 1.165) is 16.7 Å². The number of carbonyl (C=O) groups excluding carboxylic acids is 3. The van der Waals surface area contributed by atoms with Gasteiger partial charge in [0.25, 0.3) is 0 Å². The molecule has 0 unspecified atom stereocenters. The fraction of sp³-hybridized carbons (Fsp3) is 0.522. The van der Waals surface area contributed by atoms with Crippen LogP contribution in [0.15, 0.2) is 30.4 Å². The minimum atomic E-state index is -0.709. The second-order valence-corrected chi connectivity index (χ2v) is 8.95. The summed E-state index contributed by atoms with van der Waals surface area (Å²) in [4.78, 5) is 42.1. The van der Waals surface area contributed by atoms with Crippen molar-refractivity contribution < 1.29 is 19.1 Å². The monoisotopic (exact) mass is 409 g/mol. The molecule has 4 aliphatic heterocycles. The number of hydrogen-bond donors (Lipinski definition) is 1. The summed E-state index contributed by atoms with van der Waals surface area (Å²) < 4.78 is 6.25. The van der Waals surface area contributed by atoms with E-state index in [1.54, 1.807) is 4.90 Å². The molecule has 1 aromatic rings. The Morgan fingerprint density at radius 1 is 1.27 bits per heavy atom. The lowest BCUT2D eigenvalue weighted by Crippen LogP contribution is -2.47. The number of aryl methyl sites for hydroxylation is 2. The smallest absolute Gasteiger partial charge is 0.230 e. The molecule has 0 radical (unpaired) electrons. The third kappa shape index (κ3) is 2.95. The fourth-order valence-electron chi connectivity index (χ4n) is 5.37. The van der Waals surface area contributed by atoms with E-state index < -0.39 is 17.4 Å².